The van der Waals surface area contributed by atoms with Crippen LogP contribution in [0, 0.1) is 0 Å². The first-order valence-electron chi connectivity index (χ1n) is 7.54. The Bertz CT molecular complexity index is 1020. The molecular formula is C17H17ClN4O4S. The quantitative estimate of drug-likeness (QED) is 0.667. The summed E-state index contributed by atoms with van der Waals surface area (Å²) >= 11 is 0. The van der Waals surface area contributed by atoms with Crippen LogP contribution in [0.4, 0.5) is 0 Å². The van der Waals surface area contributed by atoms with Crippen molar-refractivity contribution in [3.8, 4) is 11.5 Å². The van der Waals surface area contributed by atoms with Crippen molar-refractivity contribution in [3.63, 3.8) is 0 Å². The Labute approximate surface area is 162 Å². The second kappa shape index (κ2) is 8.65. The molecule has 0 amide bonds. The van der Waals surface area contributed by atoms with E-state index >= 15 is 0 Å². The first-order valence-corrected chi connectivity index (χ1v) is 9.02. The van der Waals surface area contributed by atoms with E-state index in [1.165, 1.54) is 32.4 Å². The first-order chi connectivity index (χ1) is 12.6. The van der Waals surface area contributed by atoms with Crippen molar-refractivity contribution in [2.75, 3.05) is 14.2 Å². The molecule has 0 spiro atoms. The number of methoxy groups -OCH3 is 2. The van der Waals surface area contributed by atoms with Gasteiger partial charge < -0.3 is 9.47 Å². The fraction of sp³-hybridized carbons (Fsp3) is 0.118. The SMILES string of the molecule is COc1ccc(/C=C(\c2nn[nH]n2)S(=O)(=O)c2ccccc2)c(OC)c1.Cl. The van der Waals surface area contributed by atoms with Crippen LogP contribution in [0.15, 0.2) is 53.4 Å². The minimum atomic E-state index is -3.87. The molecule has 0 fully saturated rings. The van der Waals surface area contributed by atoms with Crippen LogP contribution < -0.4 is 9.47 Å². The Kier molecular flexibility index (Phi) is 6.54. The topological polar surface area (TPSA) is 107 Å². The van der Waals surface area contributed by atoms with Crippen LogP contribution >= 0.6 is 12.4 Å². The van der Waals surface area contributed by atoms with Gasteiger partial charge >= 0.3 is 0 Å². The number of H-pyrrole nitrogens is 1. The molecule has 0 unspecified atom stereocenters. The van der Waals surface area contributed by atoms with Gasteiger partial charge in [0.05, 0.1) is 19.1 Å². The average Bonchev–Trinajstić information content (AvgIpc) is 3.20. The molecule has 3 rings (SSSR count). The monoisotopic (exact) mass is 408 g/mol. The largest absolute Gasteiger partial charge is 0.497 e. The van der Waals surface area contributed by atoms with Crippen molar-refractivity contribution < 1.29 is 17.9 Å². The Hall–Kier alpha value is -2.91. The number of hydrogen-bond donors (Lipinski definition) is 1. The summed E-state index contributed by atoms with van der Waals surface area (Å²) in [4.78, 5) is 0.0319. The van der Waals surface area contributed by atoms with Crippen LogP contribution in [-0.2, 0) is 9.84 Å². The Morgan fingerprint density at radius 3 is 2.41 bits per heavy atom. The summed E-state index contributed by atoms with van der Waals surface area (Å²) in [5, 5.41) is 13.4. The standard InChI is InChI=1S/C17H16N4O4S.ClH/c1-24-13-9-8-12(15(11-13)25-2)10-16(17-18-20-21-19-17)26(22,23)14-6-4-3-5-7-14;/h3-11H,1-2H3,(H,18,19,20,21);1H/b16-10+;. The summed E-state index contributed by atoms with van der Waals surface area (Å²) in [7, 11) is -0.845. The van der Waals surface area contributed by atoms with Gasteiger partial charge in [0.2, 0.25) is 15.7 Å². The normalized spacial score (nSPS) is 11.6. The highest BCUT2D eigenvalue weighted by Gasteiger charge is 2.26. The molecule has 3 aromatic rings. The molecule has 0 bridgehead atoms. The number of rotatable bonds is 6. The Balaban J connectivity index is 0.00000261. The van der Waals surface area contributed by atoms with E-state index in [1.807, 2.05) is 0 Å². The number of aromatic nitrogens is 4. The molecule has 2 aromatic carbocycles. The lowest BCUT2D eigenvalue weighted by Gasteiger charge is -2.10. The van der Waals surface area contributed by atoms with Gasteiger partial charge in [-0.1, -0.05) is 18.2 Å². The number of benzene rings is 2. The predicted octanol–water partition coefficient (Wildman–Crippen LogP) is 2.61. The Morgan fingerprint density at radius 1 is 1.07 bits per heavy atom. The predicted molar refractivity (Wildman–Crippen MR) is 102 cm³/mol. The fourth-order valence-corrected chi connectivity index (χ4v) is 3.71. The lowest BCUT2D eigenvalue weighted by molar-refractivity contribution is 0.394. The van der Waals surface area contributed by atoms with Crippen molar-refractivity contribution in [1.82, 2.24) is 20.6 Å². The zero-order chi connectivity index (χ0) is 18.6. The molecule has 0 atom stereocenters. The van der Waals surface area contributed by atoms with Crippen molar-refractivity contribution >= 4 is 33.2 Å². The van der Waals surface area contributed by atoms with Gasteiger partial charge in [0, 0.05) is 11.6 Å². The second-order valence-electron chi connectivity index (χ2n) is 5.17. The zero-order valence-electron chi connectivity index (χ0n) is 14.5. The molecule has 8 nitrogen and oxygen atoms in total. The summed E-state index contributed by atoms with van der Waals surface area (Å²) in [5.74, 6) is 1.01. The van der Waals surface area contributed by atoms with Gasteiger partial charge in [-0.25, -0.2) is 8.42 Å². The van der Waals surface area contributed by atoms with Gasteiger partial charge in [-0.2, -0.15) is 5.21 Å². The first kappa shape index (κ1) is 20.4. The van der Waals surface area contributed by atoms with Gasteiger partial charge in [-0.05, 0) is 35.6 Å². The second-order valence-corrected chi connectivity index (χ2v) is 7.09. The van der Waals surface area contributed by atoms with Gasteiger partial charge in [0.25, 0.3) is 0 Å². The van der Waals surface area contributed by atoms with Crippen molar-refractivity contribution in [2.45, 2.75) is 4.90 Å². The van der Waals surface area contributed by atoms with Crippen molar-refractivity contribution in [2.24, 2.45) is 0 Å². The maximum atomic E-state index is 13.1. The lowest BCUT2D eigenvalue weighted by Crippen LogP contribution is -2.06. The van der Waals surface area contributed by atoms with E-state index in [0.717, 1.165) is 0 Å². The molecule has 0 radical (unpaired) electrons. The molecule has 0 saturated carbocycles. The van der Waals surface area contributed by atoms with Crippen LogP contribution in [0.5, 0.6) is 11.5 Å². The minimum Gasteiger partial charge on any atom is -0.497 e. The van der Waals surface area contributed by atoms with E-state index in [2.05, 4.69) is 20.6 Å². The number of ether oxygens (including phenoxy) is 2. The maximum absolute atomic E-state index is 13.1. The number of hydrogen-bond acceptors (Lipinski definition) is 7. The van der Waals surface area contributed by atoms with Crippen LogP contribution in [0.1, 0.15) is 11.4 Å². The lowest BCUT2D eigenvalue weighted by atomic mass is 10.1. The third kappa shape index (κ3) is 4.26. The van der Waals surface area contributed by atoms with Crippen LogP contribution in [0.3, 0.4) is 0 Å². The number of sulfone groups is 1. The molecule has 0 saturated heterocycles. The third-order valence-corrected chi connectivity index (χ3v) is 5.41. The maximum Gasteiger partial charge on any atom is 0.216 e. The van der Waals surface area contributed by atoms with Gasteiger partial charge in [0.15, 0.2) is 0 Å². The van der Waals surface area contributed by atoms with E-state index in [4.69, 9.17) is 9.47 Å². The molecule has 1 heterocycles. The molecule has 0 aliphatic heterocycles. The van der Waals surface area contributed by atoms with E-state index in [-0.39, 0.29) is 28.0 Å². The Morgan fingerprint density at radius 2 is 1.81 bits per heavy atom. The summed E-state index contributed by atoms with van der Waals surface area (Å²) < 4.78 is 36.7. The smallest absolute Gasteiger partial charge is 0.216 e. The van der Waals surface area contributed by atoms with Crippen LogP contribution in [0.2, 0.25) is 0 Å². The summed E-state index contributed by atoms with van der Waals surface area (Å²) in [6, 6.07) is 13.1. The van der Waals surface area contributed by atoms with E-state index in [1.54, 1.807) is 36.4 Å². The van der Waals surface area contributed by atoms with Gasteiger partial charge in [0.1, 0.15) is 16.4 Å². The van der Waals surface area contributed by atoms with Crippen molar-refractivity contribution in [3.05, 3.63) is 59.9 Å². The molecule has 0 aliphatic carbocycles. The van der Waals surface area contributed by atoms with Crippen LogP contribution in [-0.4, -0.2) is 43.3 Å². The summed E-state index contributed by atoms with van der Waals surface area (Å²) in [6.45, 7) is 0. The van der Waals surface area contributed by atoms with Gasteiger partial charge in [-0.15, -0.1) is 22.6 Å². The van der Waals surface area contributed by atoms with E-state index in [9.17, 15) is 8.42 Å². The zero-order valence-corrected chi connectivity index (χ0v) is 16.1. The molecular weight excluding hydrogens is 392 g/mol. The highest BCUT2D eigenvalue weighted by atomic mass is 35.5. The van der Waals surface area contributed by atoms with Crippen LogP contribution in [0.25, 0.3) is 11.0 Å². The number of nitrogens with one attached hydrogen (secondary N) is 1. The number of tetrazole rings is 1. The molecule has 1 N–H and O–H groups in total. The van der Waals surface area contributed by atoms with E-state index < -0.39 is 9.84 Å². The van der Waals surface area contributed by atoms with Crippen molar-refractivity contribution in [1.29, 1.82) is 0 Å². The van der Waals surface area contributed by atoms with E-state index in [0.29, 0.717) is 17.1 Å². The summed E-state index contributed by atoms with van der Waals surface area (Å²) in [6.07, 6.45) is 1.45. The number of aromatic amines is 1. The summed E-state index contributed by atoms with van der Waals surface area (Å²) in [5.41, 5.74) is 0.535. The third-order valence-electron chi connectivity index (χ3n) is 3.64. The highest BCUT2D eigenvalue weighted by molar-refractivity contribution is 8.00. The fourth-order valence-electron chi connectivity index (χ4n) is 2.33. The molecule has 27 heavy (non-hydrogen) atoms. The average molecular weight is 409 g/mol. The molecule has 1 aromatic heterocycles. The molecule has 0 aliphatic rings. The number of halogens is 1. The van der Waals surface area contributed by atoms with Gasteiger partial charge in [-0.3, -0.25) is 0 Å². The molecule has 142 valence electrons. The minimum absolute atomic E-state index is 0. The highest BCUT2D eigenvalue weighted by Crippen LogP contribution is 2.32. The molecule has 10 heteroatoms. The number of nitrogens with zero attached hydrogens (tertiary/aromatic N) is 3.